The van der Waals surface area contributed by atoms with Crippen molar-refractivity contribution in [3.63, 3.8) is 0 Å². The third kappa shape index (κ3) is 20.4. The number of phosphoric acid groups is 3. The van der Waals surface area contributed by atoms with E-state index in [9.17, 15) is 53.1 Å². The van der Waals surface area contributed by atoms with Crippen LogP contribution in [0.4, 0.5) is 5.82 Å². The van der Waals surface area contributed by atoms with Crippen molar-refractivity contribution in [1.29, 1.82) is 0 Å². The number of hydrogen-bond acceptors (Lipinski definition) is 17. The Bertz CT molecular complexity index is 1880. The first-order valence-electron chi connectivity index (χ1n) is 21.6. The molecule has 1 fully saturated rings. The summed E-state index contributed by atoms with van der Waals surface area (Å²) < 4.78 is 62.5. The molecule has 0 spiro atoms. The molecule has 64 heavy (non-hydrogen) atoms. The molecule has 23 nitrogen and oxygen atoms in total. The fourth-order valence-electron chi connectivity index (χ4n) is 6.70. The number of nitrogens with two attached hydrogens (primary N) is 1. The Hall–Kier alpha value is -2.11. The third-order valence-electron chi connectivity index (χ3n) is 10.3. The van der Waals surface area contributed by atoms with Crippen LogP contribution in [-0.4, -0.2) is 123 Å². The zero-order chi connectivity index (χ0) is 47.4. The van der Waals surface area contributed by atoms with Gasteiger partial charge in [-0.25, -0.2) is 28.6 Å². The van der Waals surface area contributed by atoms with Gasteiger partial charge in [0.15, 0.2) is 17.7 Å². The maximum atomic E-state index is 12.7. The van der Waals surface area contributed by atoms with Gasteiger partial charge >= 0.3 is 23.5 Å². The number of aromatic nitrogens is 4. The summed E-state index contributed by atoms with van der Waals surface area (Å²) in [6.07, 6.45) is 11.7. The highest BCUT2D eigenvalue weighted by molar-refractivity contribution is 7.99. The molecular formula is C37H68N7O16P3S. The molecule has 1 aliphatic heterocycles. The van der Waals surface area contributed by atoms with Crippen molar-refractivity contribution in [1.82, 2.24) is 30.2 Å². The normalized spacial score (nSPS) is 20.5. The number of unbranched alkanes of at least 4 members (excludes halogenated alkanes) is 13. The summed E-state index contributed by atoms with van der Waals surface area (Å²) >= 11 is 1.77. The predicted molar refractivity (Wildman–Crippen MR) is 237 cm³/mol. The number of imidazole rings is 1. The molecule has 0 aromatic carbocycles. The number of nitrogens with one attached hydrogen (secondary N) is 2. The average Bonchev–Trinajstić information content (AvgIpc) is 3.78. The Balaban J connectivity index is 1.31. The van der Waals surface area contributed by atoms with Gasteiger partial charge in [0.2, 0.25) is 11.8 Å². The number of thioether (sulfide) groups is 1. The number of rotatable bonds is 34. The molecule has 27 heteroatoms. The van der Waals surface area contributed by atoms with E-state index in [0.29, 0.717) is 6.54 Å². The molecule has 3 unspecified atom stereocenters. The van der Waals surface area contributed by atoms with E-state index >= 15 is 0 Å². The topological polar surface area (TPSA) is 347 Å². The minimum Gasteiger partial charge on any atom is -0.386 e. The molecule has 2 aromatic heterocycles. The number of nitrogens with zero attached hydrogens (tertiary/aromatic N) is 4. The minimum atomic E-state index is -5.55. The highest BCUT2D eigenvalue weighted by Gasteiger charge is 2.50. The van der Waals surface area contributed by atoms with Crippen LogP contribution in [0.3, 0.4) is 0 Å². The second-order valence-electron chi connectivity index (χ2n) is 16.3. The lowest BCUT2D eigenvalue weighted by Gasteiger charge is -2.30. The second-order valence-corrected chi connectivity index (χ2v) is 21.7. The zero-order valence-electron chi connectivity index (χ0n) is 36.8. The number of aliphatic hydroxyl groups is 2. The lowest BCUT2D eigenvalue weighted by Crippen LogP contribution is -2.46. The number of nitrogen functional groups attached to an aromatic ring is 1. The van der Waals surface area contributed by atoms with Crippen molar-refractivity contribution in [3.05, 3.63) is 12.7 Å². The summed E-state index contributed by atoms with van der Waals surface area (Å²) in [4.78, 5) is 76.1. The van der Waals surface area contributed by atoms with Crippen LogP contribution in [0.15, 0.2) is 12.7 Å². The number of aliphatic hydroxyl groups excluding tert-OH is 2. The number of hydrogen-bond donors (Lipinski definition) is 9. The van der Waals surface area contributed by atoms with Crippen LogP contribution in [0.5, 0.6) is 0 Å². The van der Waals surface area contributed by atoms with E-state index in [1.54, 1.807) is 11.8 Å². The van der Waals surface area contributed by atoms with Crippen LogP contribution in [0, 0.1) is 5.41 Å². The van der Waals surface area contributed by atoms with Crippen LogP contribution in [-0.2, 0) is 45.9 Å². The summed E-state index contributed by atoms with van der Waals surface area (Å²) in [5.41, 5.74) is 4.34. The molecule has 2 aromatic rings. The van der Waals surface area contributed by atoms with Gasteiger partial charge in [0.05, 0.1) is 19.5 Å². The second kappa shape index (κ2) is 27.6. The van der Waals surface area contributed by atoms with Crippen LogP contribution in [0.2, 0.25) is 0 Å². The number of fused-ring (bicyclic) bond motifs is 1. The van der Waals surface area contributed by atoms with Gasteiger partial charge in [-0.2, -0.15) is 16.1 Å². The van der Waals surface area contributed by atoms with Crippen molar-refractivity contribution < 1.29 is 75.7 Å². The van der Waals surface area contributed by atoms with Gasteiger partial charge in [-0.3, -0.25) is 27.7 Å². The Morgan fingerprint density at radius 2 is 1.47 bits per heavy atom. The summed E-state index contributed by atoms with van der Waals surface area (Å²) in [6.45, 7) is 3.22. The summed E-state index contributed by atoms with van der Waals surface area (Å²) in [7, 11) is -16.3. The Morgan fingerprint density at radius 3 is 2.08 bits per heavy atom. The van der Waals surface area contributed by atoms with Crippen molar-refractivity contribution >= 4 is 64.0 Å². The van der Waals surface area contributed by atoms with Gasteiger partial charge in [-0.15, -0.1) is 0 Å². The first-order chi connectivity index (χ1) is 30.2. The van der Waals surface area contributed by atoms with E-state index in [1.165, 1.54) is 97.3 Å². The zero-order valence-corrected chi connectivity index (χ0v) is 40.3. The SMILES string of the molecule is CCCCCCCCCCCCCCCCSCCNC(=O)CCNC(=O)C(O)C(C)(C)COP(=O)(O)OP(=O)(O)OC[C@H]1O[C@@H](n2cnc3c(N)ncnc32)[C@H](O)[C@@H]1OP(=O)(O)O. The Labute approximate surface area is 378 Å². The van der Waals surface area contributed by atoms with Gasteiger partial charge < -0.3 is 50.9 Å². The van der Waals surface area contributed by atoms with E-state index in [-0.39, 0.29) is 35.9 Å². The first kappa shape index (κ1) is 56.2. The molecule has 3 rings (SSSR count). The van der Waals surface area contributed by atoms with Gasteiger partial charge in [0, 0.05) is 30.7 Å². The van der Waals surface area contributed by atoms with Gasteiger partial charge in [0.25, 0.3) is 0 Å². The predicted octanol–water partition coefficient (Wildman–Crippen LogP) is 4.62. The number of anilines is 1. The molecule has 0 aliphatic carbocycles. The maximum absolute atomic E-state index is 12.7. The fourth-order valence-corrected chi connectivity index (χ4v) is 10.4. The fraction of sp³-hybridized carbons (Fsp3) is 0.811. The number of ether oxygens (including phenoxy) is 1. The largest absolute Gasteiger partial charge is 0.481 e. The third-order valence-corrected chi connectivity index (χ3v) is 14.5. The minimum absolute atomic E-state index is 0.0318. The van der Waals surface area contributed by atoms with Crippen molar-refractivity contribution in [2.75, 3.05) is 43.5 Å². The van der Waals surface area contributed by atoms with Crippen LogP contribution >= 0.6 is 35.2 Å². The van der Waals surface area contributed by atoms with Gasteiger partial charge in [-0.05, 0) is 12.2 Å². The van der Waals surface area contributed by atoms with Gasteiger partial charge in [-0.1, -0.05) is 104 Å². The molecule has 10 N–H and O–H groups in total. The summed E-state index contributed by atoms with van der Waals surface area (Å²) in [5.74, 6) is 0.534. The summed E-state index contributed by atoms with van der Waals surface area (Å²) in [5, 5.41) is 26.8. The highest BCUT2D eigenvalue weighted by atomic mass is 32.2. The van der Waals surface area contributed by atoms with Crippen molar-refractivity contribution in [2.24, 2.45) is 5.41 Å². The molecule has 1 aliphatic rings. The lowest BCUT2D eigenvalue weighted by molar-refractivity contribution is -0.137. The molecule has 7 atom stereocenters. The quantitative estimate of drug-likeness (QED) is 0.0341. The van der Waals surface area contributed by atoms with E-state index in [1.807, 2.05) is 0 Å². The Morgan fingerprint density at radius 1 is 0.875 bits per heavy atom. The number of phosphoric ester groups is 3. The number of carbonyl (C=O) groups is 2. The standard InChI is InChI=1S/C37H68N7O16P3S/c1-4-5-6-7-8-9-10-11-12-13-14-15-16-17-21-64-22-20-39-28(45)18-19-40-35(48)32(47)37(2,3)24-57-63(54,55)60-62(52,53)56-23-27-31(59-61(49,50)51)30(46)36(58-27)44-26-43-29-33(38)41-25-42-34(29)44/h25-27,30-32,36,46-47H,4-24H2,1-3H3,(H,39,45)(H,40,48)(H,52,53)(H,54,55)(H2,38,41,42)(H2,49,50,51)/t27-,30-,31-,32?,36-/m1/s1. The van der Waals surface area contributed by atoms with Crippen LogP contribution in [0.25, 0.3) is 11.2 Å². The van der Waals surface area contributed by atoms with E-state index in [0.717, 1.165) is 35.1 Å². The average molecular weight is 992 g/mol. The van der Waals surface area contributed by atoms with Crippen LogP contribution in [0.1, 0.15) is 123 Å². The number of carbonyl (C=O) groups excluding carboxylic acids is 2. The summed E-state index contributed by atoms with van der Waals surface area (Å²) in [6, 6.07) is 0. The maximum Gasteiger partial charge on any atom is 0.481 e. The highest BCUT2D eigenvalue weighted by Crippen LogP contribution is 2.61. The Kier molecular flexibility index (Phi) is 24.3. The molecule has 3 heterocycles. The molecular weight excluding hydrogens is 923 g/mol. The molecule has 368 valence electrons. The van der Waals surface area contributed by atoms with Gasteiger partial charge in [0.1, 0.15) is 36.3 Å². The van der Waals surface area contributed by atoms with E-state index in [2.05, 4.69) is 41.3 Å². The van der Waals surface area contributed by atoms with Crippen LogP contribution < -0.4 is 16.4 Å². The molecule has 0 bridgehead atoms. The number of amides is 2. The molecule has 2 amide bonds. The molecule has 0 saturated carbocycles. The monoisotopic (exact) mass is 991 g/mol. The molecule has 1 saturated heterocycles. The lowest BCUT2D eigenvalue weighted by atomic mass is 9.87. The molecule has 0 radical (unpaired) electrons. The smallest absolute Gasteiger partial charge is 0.386 e. The van der Waals surface area contributed by atoms with E-state index in [4.69, 9.17) is 19.5 Å². The first-order valence-corrected chi connectivity index (χ1v) is 27.3. The van der Waals surface area contributed by atoms with Crippen molar-refractivity contribution in [2.45, 2.75) is 148 Å². The van der Waals surface area contributed by atoms with Crippen molar-refractivity contribution in [3.8, 4) is 0 Å². The van der Waals surface area contributed by atoms with E-state index < -0.39 is 78.6 Å².